The Morgan fingerprint density at radius 3 is 2.67 bits per heavy atom. The summed E-state index contributed by atoms with van der Waals surface area (Å²) in [4.78, 5) is 15.1. The number of hydrogen-bond acceptors (Lipinski definition) is 4. The van der Waals surface area contributed by atoms with Crippen molar-refractivity contribution in [3.05, 3.63) is 58.6 Å². The van der Waals surface area contributed by atoms with Gasteiger partial charge >= 0.3 is 0 Å². The van der Waals surface area contributed by atoms with E-state index in [4.69, 9.17) is 21.1 Å². The van der Waals surface area contributed by atoms with Crippen LogP contribution in [0.25, 0.3) is 0 Å². The highest BCUT2D eigenvalue weighted by Crippen LogP contribution is 2.36. The Labute approximate surface area is 164 Å². The second-order valence-electron chi connectivity index (χ2n) is 6.91. The van der Waals surface area contributed by atoms with Crippen LogP contribution in [0.2, 0.25) is 5.02 Å². The number of fused-ring (bicyclic) bond motifs is 1. The highest BCUT2D eigenvalue weighted by Gasteiger charge is 2.25. The first-order chi connectivity index (χ1) is 13.2. The molecule has 0 bridgehead atoms. The van der Waals surface area contributed by atoms with E-state index in [2.05, 4.69) is 16.3 Å². The normalized spacial score (nSPS) is 17.5. The average Bonchev–Trinajstić information content (AvgIpc) is 3.17. The fourth-order valence-electron chi connectivity index (χ4n) is 3.74. The number of carbonyl (C=O) groups is 1. The molecule has 27 heavy (non-hydrogen) atoms. The number of benzene rings is 2. The zero-order valence-corrected chi connectivity index (χ0v) is 15.9. The molecule has 4 rings (SSSR count). The van der Waals surface area contributed by atoms with Gasteiger partial charge in [0.2, 0.25) is 6.79 Å². The number of rotatable bonds is 5. The molecule has 0 aliphatic carbocycles. The summed E-state index contributed by atoms with van der Waals surface area (Å²) in [6, 6.07) is 13.3. The number of likely N-dealkylation sites (tertiary alicyclic amines) is 1. The summed E-state index contributed by atoms with van der Waals surface area (Å²) in [6.07, 6.45) is 3.62. The number of carbonyl (C=O) groups excluding carboxylic acids is 1. The van der Waals surface area contributed by atoms with E-state index in [9.17, 15) is 4.79 Å². The third-order valence-corrected chi connectivity index (χ3v) is 5.52. The summed E-state index contributed by atoms with van der Waals surface area (Å²) in [5.41, 5.74) is 1.63. The topological polar surface area (TPSA) is 50.8 Å². The predicted octanol–water partition coefficient (Wildman–Crippen LogP) is 4.03. The van der Waals surface area contributed by atoms with Crippen LogP contribution in [0.1, 0.15) is 41.2 Å². The van der Waals surface area contributed by atoms with Crippen molar-refractivity contribution in [2.45, 2.75) is 25.3 Å². The molecule has 2 aromatic carbocycles. The molecule has 2 aromatic rings. The molecule has 1 unspecified atom stereocenters. The minimum atomic E-state index is -0.150. The maximum Gasteiger partial charge on any atom is 0.252 e. The molecule has 2 aliphatic heterocycles. The third-order valence-electron chi connectivity index (χ3n) is 5.19. The molecule has 142 valence electrons. The molecule has 1 saturated heterocycles. The molecule has 1 atom stereocenters. The highest BCUT2D eigenvalue weighted by molar-refractivity contribution is 6.33. The van der Waals surface area contributed by atoms with Gasteiger partial charge < -0.3 is 14.8 Å². The zero-order valence-electron chi connectivity index (χ0n) is 15.1. The minimum Gasteiger partial charge on any atom is -0.454 e. The summed E-state index contributed by atoms with van der Waals surface area (Å²) >= 11 is 6.16. The van der Waals surface area contributed by atoms with Crippen molar-refractivity contribution in [1.82, 2.24) is 10.2 Å². The van der Waals surface area contributed by atoms with Crippen molar-refractivity contribution in [2.75, 3.05) is 26.4 Å². The van der Waals surface area contributed by atoms with E-state index in [1.54, 1.807) is 12.1 Å². The number of amides is 1. The lowest BCUT2D eigenvalue weighted by Gasteiger charge is -2.35. The van der Waals surface area contributed by atoms with Gasteiger partial charge in [-0.15, -0.1) is 0 Å². The van der Waals surface area contributed by atoms with Gasteiger partial charge in [0.1, 0.15) is 0 Å². The second-order valence-corrected chi connectivity index (χ2v) is 7.32. The molecule has 1 fully saturated rings. The number of hydrogen-bond donors (Lipinski definition) is 1. The first-order valence-corrected chi connectivity index (χ1v) is 9.76. The van der Waals surface area contributed by atoms with Crippen molar-refractivity contribution in [3.63, 3.8) is 0 Å². The summed E-state index contributed by atoms with van der Waals surface area (Å²) in [6.45, 7) is 2.84. The maximum absolute atomic E-state index is 12.6. The molecule has 0 radical (unpaired) electrons. The molecule has 5 nitrogen and oxygen atoms in total. The number of ether oxygens (including phenoxy) is 2. The van der Waals surface area contributed by atoms with Gasteiger partial charge in [-0.25, -0.2) is 0 Å². The van der Waals surface area contributed by atoms with Crippen molar-refractivity contribution >= 4 is 17.5 Å². The quantitative estimate of drug-likeness (QED) is 0.843. The van der Waals surface area contributed by atoms with E-state index in [0.29, 0.717) is 17.1 Å². The Kier molecular flexibility index (Phi) is 5.50. The number of halogens is 1. The van der Waals surface area contributed by atoms with Crippen molar-refractivity contribution in [3.8, 4) is 11.5 Å². The van der Waals surface area contributed by atoms with E-state index in [0.717, 1.165) is 30.2 Å². The number of nitrogens with zero attached hydrogens (tertiary/aromatic N) is 1. The van der Waals surface area contributed by atoms with Crippen molar-refractivity contribution in [1.29, 1.82) is 0 Å². The standard InChI is InChI=1S/C21H23ClN2O3/c22-17-7-3-2-6-16(17)21(25)23-13-18(24-10-4-1-5-11-24)15-8-9-19-20(12-15)27-14-26-19/h2-3,6-9,12,18H,1,4-5,10-11,13-14H2,(H,23,25). The molecule has 1 amide bonds. The molecule has 0 spiro atoms. The van der Waals surface area contributed by atoms with Gasteiger partial charge in [-0.1, -0.05) is 36.2 Å². The van der Waals surface area contributed by atoms with Crippen LogP contribution in [-0.2, 0) is 0 Å². The Morgan fingerprint density at radius 1 is 1.07 bits per heavy atom. The average molecular weight is 387 g/mol. The van der Waals surface area contributed by atoms with E-state index in [-0.39, 0.29) is 18.7 Å². The van der Waals surface area contributed by atoms with Gasteiger partial charge in [0.05, 0.1) is 16.6 Å². The molecule has 0 saturated carbocycles. The summed E-state index contributed by atoms with van der Waals surface area (Å²) in [7, 11) is 0. The Bertz CT molecular complexity index is 821. The molecule has 6 heteroatoms. The van der Waals surface area contributed by atoms with Crippen LogP contribution < -0.4 is 14.8 Å². The predicted molar refractivity (Wildman–Crippen MR) is 105 cm³/mol. The van der Waals surface area contributed by atoms with Crippen molar-refractivity contribution < 1.29 is 14.3 Å². The van der Waals surface area contributed by atoms with Crippen LogP contribution in [0.15, 0.2) is 42.5 Å². The first-order valence-electron chi connectivity index (χ1n) is 9.39. The van der Waals surface area contributed by atoms with Crippen LogP contribution in [0.4, 0.5) is 0 Å². The third kappa shape index (κ3) is 4.04. The van der Waals surface area contributed by atoms with Crippen LogP contribution in [0.5, 0.6) is 11.5 Å². The summed E-state index contributed by atoms with van der Waals surface area (Å²) < 4.78 is 11.0. The van der Waals surface area contributed by atoms with Gasteiger partial charge in [-0.3, -0.25) is 9.69 Å². The van der Waals surface area contributed by atoms with Crippen LogP contribution >= 0.6 is 11.6 Å². The monoisotopic (exact) mass is 386 g/mol. The first kappa shape index (κ1) is 18.1. The second kappa shape index (κ2) is 8.19. The minimum absolute atomic E-state index is 0.0891. The lowest BCUT2D eigenvalue weighted by Crippen LogP contribution is -2.40. The molecular weight excluding hydrogens is 364 g/mol. The van der Waals surface area contributed by atoms with Crippen LogP contribution in [-0.4, -0.2) is 37.2 Å². The van der Waals surface area contributed by atoms with Gasteiger partial charge in [0.25, 0.3) is 5.91 Å². The largest absolute Gasteiger partial charge is 0.454 e. The van der Waals surface area contributed by atoms with Gasteiger partial charge in [-0.2, -0.15) is 0 Å². The fourth-order valence-corrected chi connectivity index (χ4v) is 3.96. The maximum atomic E-state index is 12.6. The van der Waals surface area contributed by atoms with Gasteiger partial charge in [-0.05, 0) is 55.8 Å². The van der Waals surface area contributed by atoms with Gasteiger partial charge in [0.15, 0.2) is 11.5 Å². The Hall–Kier alpha value is -2.24. The molecule has 2 heterocycles. The van der Waals surface area contributed by atoms with Gasteiger partial charge in [0, 0.05) is 6.54 Å². The summed E-state index contributed by atoms with van der Waals surface area (Å²) in [5.74, 6) is 1.39. The number of nitrogens with one attached hydrogen (secondary N) is 1. The molecule has 2 aliphatic rings. The molecule has 1 N–H and O–H groups in total. The molecule has 0 aromatic heterocycles. The summed E-state index contributed by atoms with van der Waals surface area (Å²) in [5, 5.41) is 3.53. The molecular formula is C21H23ClN2O3. The highest BCUT2D eigenvalue weighted by atomic mass is 35.5. The Morgan fingerprint density at radius 2 is 1.85 bits per heavy atom. The smallest absolute Gasteiger partial charge is 0.252 e. The number of piperidine rings is 1. The fraction of sp³-hybridized carbons (Fsp3) is 0.381. The lowest BCUT2D eigenvalue weighted by molar-refractivity contribution is 0.0924. The van der Waals surface area contributed by atoms with Crippen LogP contribution in [0, 0.1) is 0 Å². The van der Waals surface area contributed by atoms with Crippen molar-refractivity contribution in [2.24, 2.45) is 0 Å². The SMILES string of the molecule is O=C(NCC(c1ccc2c(c1)OCO2)N1CCCCC1)c1ccccc1Cl. The Balaban J connectivity index is 1.53. The van der Waals surface area contributed by atoms with Crippen LogP contribution in [0.3, 0.4) is 0 Å². The lowest BCUT2D eigenvalue weighted by atomic mass is 10.0. The van der Waals surface area contributed by atoms with E-state index < -0.39 is 0 Å². The van der Waals surface area contributed by atoms with E-state index in [1.165, 1.54) is 19.3 Å². The zero-order chi connectivity index (χ0) is 18.6. The van der Waals surface area contributed by atoms with E-state index in [1.807, 2.05) is 24.3 Å². The van der Waals surface area contributed by atoms with E-state index >= 15 is 0 Å².